The fraction of sp³-hybridized carbons (Fsp3) is 0.450. The Balaban J connectivity index is 1.56. The van der Waals surface area contributed by atoms with Crippen molar-refractivity contribution in [3.63, 3.8) is 0 Å². The molecule has 1 fully saturated rings. The molecule has 0 amide bonds. The number of nitrogens with zero attached hydrogens (tertiary/aromatic N) is 1. The zero-order valence-corrected chi connectivity index (χ0v) is 14.8. The van der Waals surface area contributed by atoms with Crippen molar-refractivity contribution in [1.82, 2.24) is 4.90 Å². The molecule has 0 saturated carbocycles. The van der Waals surface area contributed by atoms with Gasteiger partial charge in [0.25, 0.3) is 0 Å². The van der Waals surface area contributed by atoms with E-state index in [0.29, 0.717) is 0 Å². The van der Waals surface area contributed by atoms with Crippen LogP contribution in [-0.2, 0) is 16.1 Å². The van der Waals surface area contributed by atoms with Crippen molar-refractivity contribution in [2.45, 2.75) is 32.4 Å². The van der Waals surface area contributed by atoms with E-state index in [1.165, 1.54) is 12.7 Å². The van der Waals surface area contributed by atoms with Crippen LogP contribution < -0.4 is 0 Å². The molecule has 2 aromatic rings. The molecular formula is C20H25NO4. The number of rotatable bonds is 6. The molecule has 5 nitrogen and oxygen atoms in total. The molecule has 2 heterocycles. The van der Waals surface area contributed by atoms with Crippen molar-refractivity contribution in [3.05, 3.63) is 47.7 Å². The van der Waals surface area contributed by atoms with Crippen LogP contribution in [0.25, 0.3) is 11.3 Å². The number of carboxylic acids is 1. The SMILES string of the molecule is COC(C(=O)O)C1CCN(Cc2ccc(-c3ccc(C)cc3)o2)CC1. The number of benzene rings is 1. The largest absolute Gasteiger partial charge is 0.479 e. The number of carboxylic acid groups (broad SMARTS) is 1. The van der Waals surface area contributed by atoms with Crippen molar-refractivity contribution in [2.24, 2.45) is 5.92 Å². The summed E-state index contributed by atoms with van der Waals surface area (Å²) in [5.41, 5.74) is 2.31. The van der Waals surface area contributed by atoms with Gasteiger partial charge in [-0.25, -0.2) is 4.79 Å². The highest BCUT2D eigenvalue weighted by molar-refractivity contribution is 5.72. The number of furan rings is 1. The first kappa shape index (κ1) is 17.7. The number of aryl methyl sites for hydroxylation is 1. The summed E-state index contributed by atoms with van der Waals surface area (Å²) in [4.78, 5) is 13.5. The predicted molar refractivity (Wildman–Crippen MR) is 95.3 cm³/mol. The van der Waals surface area contributed by atoms with Gasteiger partial charge < -0.3 is 14.3 Å². The van der Waals surface area contributed by atoms with Crippen LogP contribution in [0, 0.1) is 12.8 Å². The third-order valence-corrected chi connectivity index (χ3v) is 4.93. The lowest BCUT2D eigenvalue weighted by atomic mass is 9.91. The van der Waals surface area contributed by atoms with Gasteiger partial charge in [-0.2, -0.15) is 0 Å². The minimum atomic E-state index is -0.866. The lowest BCUT2D eigenvalue weighted by molar-refractivity contribution is -0.153. The lowest BCUT2D eigenvalue weighted by Crippen LogP contribution is -2.40. The summed E-state index contributed by atoms with van der Waals surface area (Å²) >= 11 is 0. The molecule has 3 rings (SSSR count). The molecule has 1 aliphatic rings. The zero-order chi connectivity index (χ0) is 17.8. The van der Waals surface area contributed by atoms with Gasteiger partial charge in [-0.1, -0.05) is 29.8 Å². The molecule has 134 valence electrons. The number of aliphatic carboxylic acids is 1. The van der Waals surface area contributed by atoms with Crippen LogP contribution in [-0.4, -0.2) is 42.3 Å². The zero-order valence-electron chi connectivity index (χ0n) is 14.8. The van der Waals surface area contributed by atoms with E-state index in [0.717, 1.165) is 49.6 Å². The third kappa shape index (κ3) is 4.30. The molecule has 1 unspecified atom stereocenters. The van der Waals surface area contributed by atoms with Crippen LogP contribution in [0.2, 0.25) is 0 Å². The van der Waals surface area contributed by atoms with Crippen molar-refractivity contribution in [1.29, 1.82) is 0 Å². The fourth-order valence-electron chi connectivity index (χ4n) is 3.46. The molecule has 1 aliphatic heterocycles. The number of carbonyl (C=O) groups is 1. The fourth-order valence-corrected chi connectivity index (χ4v) is 3.46. The van der Waals surface area contributed by atoms with Gasteiger partial charge in [0.1, 0.15) is 11.5 Å². The maximum atomic E-state index is 11.2. The van der Waals surface area contributed by atoms with E-state index in [2.05, 4.69) is 36.1 Å². The highest BCUT2D eigenvalue weighted by Crippen LogP contribution is 2.26. The van der Waals surface area contributed by atoms with E-state index in [1.807, 2.05) is 12.1 Å². The molecule has 1 atom stereocenters. The Hall–Kier alpha value is -2.11. The topological polar surface area (TPSA) is 62.9 Å². The minimum Gasteiger partial charge on any atom is -0.479 e. The molecule has 1 N–H and O–H groups in total. The van der Waals surface area contributed by atoms with Crippen molar-refractivity contribution in [2.75, 3.05) is 20.2 Å². The first-order chi connectivity index (χ1) is 12.1. The van der Waals surface area contributed by atoms with Gasteiger partial charge in [0.15, 0.2) is 6.10 Å². The Morgan fingerprint density at radius 1 is 1.24 bits per heavy atom. The Morgan fingerprint density at radius 3 is 2.52 bits per heavy atom. The second kappa shape index (κ2) is 7.85. The number of piperidine rings is 1. The summed E-state index contributed by atoms with van der Waals surface area (Å²) in [5.74, 6) is 1.04. The van der Waals surface area contributed by atoms with Gasteiger partial charge in [0.2, 0.25) is 0 Å². The molecule has 1 saturated heterocycles. The normalized spacial score (nSPS) is 17.5. The van der Waals surface area contributed by atoms with E-state index < -0.39 is 12.1 Å². The Bertz CT molecular complexity index is 699. The summed E-state index contributed by atoms with van der Waals surface area (Å²) in [6, 6.07) is 12.3. The molecule has 0 aliphatic carbocycles. The number of likely N-dealkylation sites (tertiary alicyclic amines) is 1. The van der Waals surface area contributed by atoms with Gasteiger partial charge in [0, 0.05) is 12.7 Å². The first-order valence-electron chi connectivity index (χ1n) is 8.70. The van der Waals surface area contributed by atoms with E-state index in [9.17, 15) is 9.90 Å². The van der Waals surface area contributed by atoms with E-state index in [4.69, 9.17) is 9.15 Å². The van der Waals surface area contributed by atoms with Crippen LogP contribution in [0.15, 0.2) is 40.8 Å². The number of hydrogen-bond acceptors (Lipinski definition) is 4. The van der Waals surface area contributed by atoms with E-state index in [1.54, 1.807) is 0 Å². The molecule has 1 aromatic heterocycles. The van der Waals surface area contributed by atoms with Gasteiger partial charge in [0.05, 0.1) is 6.54 Å². The monoisotopic (exact) mass is 343 g/mol. The summed E-state index contributed by atoms with van der Waals surface area (Å²) in [6.45, 7) is 4.54. The average molecular weight is 343 g/mol. The standard InChI is InChI=1S/C20H25NO4/c1-14-3-5-15(6-4-14)18-8-7-17(25-18)13-21-11-9-16(10-12-21)19(24-2)20(22)23/h3-8,16,19H,9-13H2,1-2H3,(H,22,23). The van der Waals surface area contributed by atoms with Crippen LogP contribution >= 0.6 is 0 Å². The Labute approximate surface area is 148 Å². The average Bonchev–Trinajstić information content (AvgIpc) is 3.06. The number of hydrogen-bond donors (Lipinski definition) is 1. The molecule has 0 radical (unpaired) electrons. The summed E-state index contributed by atoms with van der Waals surface area (Å²) < 4.78 is 11.1. The van der Waals surface area contributed by atoms with Crippen molar-refractivity contribution >= 4 is 5.97 Å². The molecule has 5 heteroatoms. The maximum absolute atomic E-state index is 11.2. The molecule has 0 spiro atoms. The van der Waals surface area contributed by atoms with Crippen LogP contribution in [0.3, 0.4) is 0 Å². The van der Waals surface area contributed by atoms with Crippen LogP contribution in [0.5, 0.6) is 0 Å². The Kier molecular flexibility index (Phi) is 5.56. The van der Waals surface area contributed by atoms with Gasteiger partial charge in [-0.3, -0.25) is 4.90 Å². The van der Waals surface area contributed by atoms with Gasteiger partial charge in [-0.15, -0.1) is 0 Å². The molecule has 25 heavy (non-hydrogen) atoms. The maximum Gasteiger partial charge on any atom is 0.333 e. The highest BCUT2D eigenvalue weighted by Gasteiger charge is 2.31. The molecular weight excluding hydrogens is 318 g/mol. The quantitative estimate of drug-likeness (QED) is 0.869. The van der Waals surface area contributed by atoms with E-state index >= 15 is 0 Å². The summed E-state index contributed by atoms with van der Waals surface area (Å²) in [6.07, 6.45) is 0.964. The smallest absolute Gasteiger partial charge is 0.333 e. The van der Waals surface area contributed by atoms with Crippen LogP contribution in [0.4, 0.5) is 0 Å². The summed E-state index contributed by atoms with van der Waals surface area (Å²) in [7, 11) is 1.47. The second-order valence-electron chi connectivity index (χ2n) is 6.74. The third-order valence-electron chi connectivity index (χ3n) is 4.93. The van der Waals surface area contributed by atoms with Crippen molar-refractivity contribution in [3.8, 4) is 11.3 Å². The predicted octanol–water partition coefficient (Wildman–Crippen LogP) is 3.57. The first-order valence-corrected chi connectivity index (χ1v) is 8.70. The lowest BCUT2D eigenvalue weighted by Gasteiger charge is -2.33. The second-order valence-corrected chi connectivity index (χ2v) is 6.74. The molecule has 0 bridgehead atoms. The van der Waals surface area contributed by atoms with E-state index in [-0.39, 0.29) is 5.92 Å². The van der Waals surface area contributed by atoms with Crippen molar-refractivity contribution < 1.29 is 19.1 Å². The number of ether oxygens (including phenoxy) is 1. The Morgan fingerprint density at radius 2 is 1.92 bits per heavy atom. The number of methoxy groups -OCH3 is 1. The highest BCUT2D eigenvalue weighted by atomic mass is 16.5. The van der Waals surface area contributed by atoms with Gasteiger partial charge in [-0.05, 0) is 50.9 Å². The van der Waals surface area contributed by atoms with Crippen LogP contribution in [0.1, 0.15) is 24.2 Å². The summed E-state index contributed by atoms with van der Waals surface area (Å²) in [5, 5.41) is 9.20. The molecule has 1 aromatic carbocycles. The minimum absolute atomic E-state index is 0.0819. The van der Waals surface area contributed by atoms with Gasteiger partial charge >= 0.3 is 5.97 Å².